The number of aryl methyl sites for hydroxylation is 3. The summed E-state index contributed by atoms with van der Waals surface area (Å²) < 4.78 is 70.8. The molecule has 0 aliphatic rings. The molecule has 3 aromatic heterocycles. The van der Waals surface area contributed by atoms with Gasteiger partial charge < -0.3 is 105 Å². The molecule has 0 saturated carbocycles. The second-order valence-corrected chi connectivity index (χ2v) is 31.9. The van der Waals surface area contributed by atoms with Gasteiger partial charge in [-0.25, -0.2) is 15.0 Å². The highest BCUT2D eigenvalue weighted by Crippen LogP contribution is 2.34. The van der Waals surface area contributed by atoms with Gasteiger partial charge in [-0.1, -0.05) is 18.2 Å². The highest BCUT2D eigenvalue weighted by Gasteiger charge is 2.15. The van der Waals surface area contributed by atoms with Crippen LogP contribution in [-0.4, -0.2) is 292 Å². The van der Waals surface area contributed by atoms with Crippen LogP contribution in [0.3, 0.4) is 0 Å². The number of ether oxygens (including phenoxy) is 12. The van der Waals surface area contributed by atoms with Crippen LogP contribution in [-0.2, 0) is 85.6 Å². The summed E-state index contributed by atoms with van der Waals surface area (Å²) >= 11 is 5.03. The maximum Gasteiger partial charge on any atom is 0.222 e. The van der Waals surface area contributed by atoms with Crippen LogP contribution >= 0.6 is 34.0 Å². The summed E-state index contributed by atoms with van der Waals surface area (Å²) in [7, 11) is 0. The first-order valence-corrected chi connectivity index (χ1v) is 45.1. The van der Waals surface area contributed by atoms with E-state index in [1.807, 2.05) is 77.7 Å². The van der Waals surface area contributed by atoms with Gasteiger partial charge in [0, 0.05) is 151 Å². The molecule has 3 heterocycles. The van der Waals surface area contributed by atoms with Crippen LogP contribution in [0.1, 0.15) is 55.2 Å². The SMILES string of the molecule is Cc1ccc2nc(-c3ccc(NCCC(=O)NCCOCCOCCOCCOCCC(=O)NCCN(CCNC(=O)CCOCCOCCOCCOCCNC(=O)CCNc4ccc(-c5nc6ccc(C)cc6s5)cc4)CCNC(=O)CCOCCOCCOCCOCCNC(=O)CCNc4ccc(-c5nc6ccc(C)cc6s5)cc4)cc3)sc2c1. The lowest BCUT2D eigenvalue weighted by atomic mass is 10.2. The predicted octanol–water partition coefficient (Wildman–Crippen LogP) is 9.62. The molecule has 674 valence electrons. The molecule has 0 bridgehead atoms. The molecule has 6 aromatic carbocycles. The monoisotopic (exact) mass is 1770 g/mol. The van der Waals surface area contributed by atoms with Crippen LogP contribution < -0.4 is 47.9 Å². The predicted molar refractivity (Wildman–Crippen MR) is 487 cm³/mol. The summed E-state index contributed by atoms with van der Waals surface area (Å²) in [6.07, 6.45) is 1.46. The molecule has 0 atom stereocenters. The van der Waals surface area contributed by atoms with Crippen molar-refractivity contribution in [2.45, 2.75) is 59.3 Å². The van der Waals surface area contributed by atoms with E-state index in [4.69, 9.17) is 71.8 Å². The summed E-state index contributed by atoms with van der Waals surface area (Å²) in [5.41, 5.74) is 12.6. The summed E-state index contributed by atoms with van der Waals surface area (Å²) in [4.78, 5) is 91.8. The third-order valence-electron chi connectivity index (χ3n) is 18.8. The van der Waals surface area contributed by atoms with E-state index in [1.165, 1.54) is 30.8 Å². The maximum absolute atomic E-state index is 12.8. The fourth-order valence-electron chi connectivity index (χ4n) is 12.1. The number of nitrogens with one attached hydrogen (secondary N) is 9. The van der Waals surface area contributed by atoms with E-state index in [0.29, 0.717) is 237 Å². The average molecular weight is 1770 g/mol. The minimum absolute atomic E-state index is 0.0628. The number of hydrogen-bond acceptors (Lipinski definition) is 28. The number of thiazole rings is 3. The van der Waals surface area contributed by atoms with Crippen molar-refractivity contribution in [1.82, 2.24) is 51.8 Å². The van der Waals surface area contributed by atoms with Gasteiger partial charge in [0.15, 0.2) is 0 Å². The van der Waals surface area contributed by atoms with Crippen LogP contribution in [0.2, 0.25) is 0 Å². The van der Waals surface area contributed by atoms with E-state index in [2.05, 4.69) is 123 Å². The summed E-state index contributed by atoms with van der Waals surface area (Å²) in [5.74, 6) is -0.721. The molecule has 34 heteroatoms. The Kier molecular flexibility index (Phi) is 47.3. The molecule has 9 rings (SSSR count). The molecule has 124 heavy (non-hydrogen) atoms. The van der Waals surface area contributed by atoms with Crippen molar-refractivity contribution in [3.05, 3.63) is 144 Å². The fourth-order valence-corrected chi connectivity index (χ4v) is 15.3. The first-order valence-electron chi connectivity index (χ1n) is 42.6. The van der Waals surface area contributed by atoms with E-state index in [1.54, 1.807) is 34.0 Å². The molecule has 9 N–H and O–H groups in total. The Morgan fingerprint density at radius 2 is 0.476 bits per heavy atom. The van der Waals surface area contributed by atoms with Crippen molar-refractivity contribution >= 4 is 117 Å². The van der Waals surface area contributed by atoms with Crippen molar-refractivity contribution in [2.75, 3.05) is 253 Å². The summed E-state index contributed by atoms with van der Waals surface area (Å²) in [6.45, 7) is 19.5. The van der Waals surface area contributed by atoms with Crippen LogP contribution in [0.25, 0.3) is 62.4 Å². The molecule has 0 saturated heterocycles. The Hall–Kier alpha value is -9.31. The van der Waals surface area contributed by atoms with Gasteiger partial charge in [0.2, 0.25) is 35.4 Å². The normalized spacial score (nSPS) is 11.4. The molecular formula is C90H123N13O18S3. The van der Waals surface area contributed by atoms with E-state index < -0.39 is 0 Å². The van der Waals surface area contributed by atoms with Crippen molar-refractivity contribution < 1.29 is 85.6 Å². The van der Waals surface area contributed by atoms with Crippen LogP contribution in [0.5, 0.6) is 0 Å². The Morgan fingerprint density at radius 1 is 0.258 bits per heavy atom. The number of benzene rings is 6. The van der Waals surface area contributed by atoms with Gasteiger partial charge >= 0.3 is 0 Å². The summed E-state index contributed by atoms with van der Waals surface area (Å²) in [5, 5.41) is 30.3. The number of carbonyl (C=O) groups excluding carboxylic acids is 6. The van der Waals surface area contributed by atoms with Gasteiger partial charge in [0.1, 0.15) is 15.0 Å². The lowest BCUT2D eigenvalue weighted by Gasteiger charge is -2.23. The number of hydrogen-bond donors (Lipinski definition) is 9. The molecule has 0 aliphatic heterocycles. The van der Waals surface area contributed by atoms with E-state index in [0.717, 1.165) is 65.3 Å². The molecule has 6 amide bonds. The topological polar surface area (TPSA) is 363 Å². The molecular weight excluding hydrogens is 1650 g/mol. The molecule has 0 unspecified atom stereocenters. The first-order chi connectivity index (χ1) is 60.7. The number of carbonyl (C=O) groups is 6. The molecule has 31 nitrogen and oxygen atoms in total. The van der Waals surface area contributed by atoms with Gasteiger partial charge in [-0.3, -0.25) is 33.7 Å². The second-order valence-electron chi connectivity index (χ2n) is 28.8. The Labute approximate surface area is 738 Å². The largest absolute Gasteiger partial charge is 0.385 e. The van der Waals surface area contributed by atoms with Crippen LogP contribution in [0.4, 0.5) is 17.1 Å². The zero-order valence-corrected chi connectivity index (χ0v) is 74.1. The highest BCUT2D eigenvalue weighted by molar-refractivity contribution is 7.22. The number of aromatic nitrogens is 3. The molecule has 0 radical (unpaired) electrons. The van der Waals surface area contributed by atoms with Gasteiger partial charge in [0.05, 0.1) is 189 Å². The van der Waals surface area contributed by atoms with E-state index in [9.17, 15) is 28.8 Å². The van der Waals surface area contributed by atoms with Gasteiger partial charge in [-0.15, -0.1) is 34.0 Å². The van der Waals surface area contributed by atoms with Crippen molar-refractivity contribution in [1.29, 1.82) is 0 Å². The zero-order chi connectivity index (χ0) is 87.1. The molecule has 0 spiro atoms. The average Bonchev–Trinajstić information content (AvgIpc) is 1.69. The molecule has 0 fully saturated rings. The molecule has 0 aliphatic carbocycles. The minimum Gasteiger partial charge on any atom is -0.385 e. The van der Waals surface area contributed by atoms with Gasteiger partial charge in [0.25, 0.3) is 0 Å². The number of fused-ring (bicyclic) bond motifs is 3. The smallest absolute Gasteiger partial charge is 0.222 e. The van der Waals surface area contributed by atoms with Crippen molar-refractivity contribution in [3.63, 3.8) is 0 Å². The minimum atomic E-state index is -0.178. The lowest BCUT2D eigenvalue weighted by molar-refractivity contribution is -0.123. The standard InChI is InChI=1S/C90H123N13O18S3/c1-67-4-19-76-79(64-67)122-88(100-76)70-7-13-73(14-8-70)91-28-22-82(104)97-34-43-113-49-55-119-61-58-116-52-46-110-40-25-85(107)94-31-37-103(38-32-95-86(108)26-41-111-47-53-117-59-62-120-56-50-114-44-35-98-83(105)23-29-92-74-15-9-71(10-16-74)89-101-77-20-5-68(2)65-80(77)123-89)39-33-96-87(109)27-42-112-48-54-118-60-63-121-57-51-115-45-36-99-84(106)24-30-93-75-17-11-72(12-18-75)90-102-78-21-6-69(3)66-81(78)124-90/h4-21,64-66,91-93H,22-63H2,1-3H3,(H,94,107)(H,95,108)(H,96,109)(H,97,104)(H,98,105)(H,99,106). The van der Waals surface area contributed by atoms with E-state index >= 15 is 0 Å². The Bertz CT molecular complexity index is 4110. The Balaban J connectivity index is 0.534. The third-order valence-corrected chi connectivity index (χ3v) is 22.0. The van der Waals surface area contributed by atoms with Gasteiger partial charge in [-0.2, -0.15) is 0 Å². The number of rotatable bonds is 69. The molecule has 9 aromatic rings. The van der Waals surface area contributed by atoms with Gasteiger partial charge in [-0.05, 0) is 147 Å². The highest BCUT2D eigenvalue weighted by atomic mass is 32.1. The fraction of sp³-hybridized carbons (Fsp3) is 0.500. The number of anilines is 3. The number of nitrogens with zero attached hydrogens (tertiary/aromatic N) is 4. The van der Waals surface area contributed by atoms with E-state index in [-0.39, 0.29) is 74.5 Å². The number of amides is 6. The quantitative estimate of drug-likeness (QED) is 0.0160. The van der Waals surface area contributed by atoms with Crippen LogP contribution in [0, 0.1) is 20.8 Å². The van der Waals surface area contributed by atoms with Crippen LogP contribution in [0.15, 0.2) is 127 Å². The van der Waals surface area contributed by atoms with Crippen molar-refractivity contribution in [2.24, 2.45) is 0 Å². The summed E-state index contributed by atoms with van der Waals surface area (Å²) in [6, 6.07) is 43.1. The zero-order valence-electron chi connectivity index (χ0n) is 71.7. The third kappa shape index (κ3) is 40.8. The maximum atomic E-state index is 12.8. The first kappa shape index (κ1) is 98.5. The Morgan fingerprint density at radius 3 is 0.726 bits per heavy atom. The van der Waals surface area contributed by atoms with Crippen molar-refractivity contribution in [3.8, 4) is 31.7 Å². The lowest BCUT2D eigenvalue weighted by Crippen LogP contribution is -2.43. The second kappa shape index (κ2) is 59.6.